The number of ether oxygens (including phenoxy) is 1. The Morgan fingerprint density at radius 1 is 1.03 bits per heavy atom. The van der Waals surface area contributed by atoms with Gasteiger partial charge in [0, 0.05) is 29.1 Å². The summed E-state index contributed by atoms with van der Waals surface area (Å²) in [5, 5.41) is 13.5. The summed E-state index contributed by atoms with van der Waals surface area (Å²) in [7, 11) is 1.56. The number of phenols is 1. The van der Waals surface area contributed by atoms with Crippen molar-refractivity contribution in [2.24, 2.45) is 0 Å². The minimum atomic E-state index is -0.510. The molecule has 164 valence electrons. The first kappa shape index (κ1) is 24.8. The predicted octanol–water partition coefficient (Wildman–Crippen LogP) is 6.51. The lowest BCUT2D eigenvalue weighted by atomic mass is 9.98. The van der Waals surface area contributed by atoms with Gasteiger partial charge in [0.15, 0.2) is 0 Å². The maximum atomic E-state index is 13.4. The summed E-state index contributed by atoms with van der Waals surface area (Å²) in [4.78, 5) is 9.06. The smallest absolute Gasteiger partial charge is 0.206 e. The maximum absolute atomic E-state index is 13.4. The predicted molar refractivity (Wildman–Crippen MR) is 124 cm³/mol. The second-order valence-corrected chi connectivity index (χ2v) is 7.58. The topological polar surface area (TPSA) is 58.6 Å². The number of nitrogens with one attached hydrogen (secondary N) is 1. The molecule has 3 aromatic rings. The van der Waals surface area contributed by atoms with E-state index in [4.69, 9.17) is 44.3 Å². The van der Waals surface area contributed by atoms with Gasteiger partial charge in [0.2, 0.25) is 6.41 Å². The van der Waals surface area contributed by atoms with Gasteiger partial charge < -0.3 is 15.2 Å². The fourth-order valence-corrected chi connectivity index (χ4v) is 3.57. The van der Waals surface area contributed by atoms with Crippen molar-refractivity contribution in [3.05, 3.63) is 80.5 Å². The quantitative estimate of drug-likeness (QED) is 0.392. The Labute approximate surface area is 195 Å². The Hall–Kier alpha value is -2.47. The number of carbonyl (C=O) groups excluding carboxylic acids is 1. The molecule has 0 unspecified atom stereocenters. The molecular formula is C23H21Cl3FNO3. The molecule has 0 saturated heterocycles. The number of hydrogen-bond acceptors (Lipinski definition) is 3. The lowest BCUT2D eigenvalue weighted by Gasteiger charge is -2.12. The highest BCUT2D eigenvalue weighted by atomic mass is 35.5. The number of aromatic hydroxyl groups is 1. The average Bonchev–Trinajstić information content (AvgIpc) is 2.74. The van der Waals surface area contributed by atoms with Crippen molar-refractivity contribution in [2.75, 3.05) is 13.7 Å². The summed E-state index contributed by atoms with van der Waals surface area (Å²) >= 11 is 18.6. The molecule has 0 atom stereocenters. The van der Waals surface area contributed by atoms with Gasteiger partial charge in [0.05, 0.1) is 11.6 Å². The summed E-state index contributed by atoms with van der Waals surface area (Å²) in [5.41, 5.74) is 2.81. The molecule has 0 aliphatic carbocycles. The lowest BCUT2D eigenvalue weighted by Crippen LogP contribution is -1.98. The van der Waals surface area contributed by atoms with Crippen molar-refractivity contribution >= 4 is 41.2 Å². The molecule has 0 spiro atoms. The van der Waals surface area contributed by atoms with Gasteiger partial charge in [-0.3, -0.25) is 4.79 Å². The molecule has 3 rings (SSSR count). The first-order valence-electron chi connectivity index (χ1n) is 9.29. The van der Waals surface area contributed by atoms with Gasteiger partial charge >= 0.3 is 0 Å². The van der Waals surface area contributed by atoms with Crippen LogP contribution in [0.4, 0.5) is 4.39 Å². The third-order valence-electron chi connectivity index (χ3n) is 4.22. The molecule has 0 bridgehead atoms. The van der Waals surface area contributed by atoms with E-state index in [2.05, 4.69) is 5.32 Å². The van der Waals surface area contributed by atoms with Crippen LogP contribution in [0.5, 0.6) is 11.5 Å². The minimum Gasteiger partial charge on any atom is -0.507 e. The van der Waals surface area contributed by atoms with Gasteiger partial charge in [-0.1, -0.05) is 46.9 Å². The number of carbonyl (C=O) groups is 1. The third-order valence-corrected chi connectivity index (χ3v) is 5.18. The minimum absolute atomic E-state index is 0.00472. The van der Waals surface area contributed by atoms with Crippen LogP contribution in [0.15, 0.2) is 48.5 Å². The van der Waals surface area contributed by atoms with Crippen molar-refractivity contribution in [1.82, 2.24) is 5.32 Å². The molecule has 1 amide bonds. The Morgan fingerprint density at radius 2 is 1.68 bits per heavy atom. The zero-order valence-electron chi connectivity index (χ0n) is 16.9. The number of rotatable bonds is 6. The summed E-state index contributed by atoms with van der Waals surface area (Å²) in [6.07, 6.45) is 1.09. The van der Waals surface area contributed by atoms with Gasteiger partial charge in [-0.05, 0) is 60.0 Å². The second kappa shape index (κ2) is 11.8. The van der Waals surface area contributed by atoms with Crippen LogP contribution < -0.4 is 10.1 Å². The number of phenolic OH excluding ortho intramolecular Hbond substituents is 1. The summed E-state index contributed by atoms with van der Waals surface area (Å²) in [5.74, 6) is 0.179. The molecule has 0 aromatic heterocycles. The highest BCUT2D eigenvalue weighted by Crippen LogP contribution is 2.36. The second-order valence-electron chi connectivity index (χ2n) is 6.36. The van der Waals surface area contributed by atoms with E-state index in [0.29, 0.717) is 46.4 Å². The van der Waals surface area contributed by atoms with E-state index in [1.54, 1.807) is 37.4 Å². The number of amides is 1. The SMILES string of the molecule is CCOc1cc(Cl)c(Cc2ccc(O)c(-c3ccc(F)c(Cl)c3)c2)c(Cl)c1.CNC=O. The van der Waals surface area contributed by atoms with Crippen LogP contribution in [-0.4, -0.2) is 25.2 Å². The van der Waals surface area contributed by atoms with Crippen LogP contribution in [0.3, 0.4) is 0 Å². The molecule has 3 aromatic carbocycles. The van der Waals surface area contributed by atoms with Crippen molar-refractivity contribution in [3.63, 3.8) is 0 Å². The van der Waals surface area contributed by atoms with E-state index in [-0.39, 0.29) is 10.8 Å². The van der Waals surface area contributed by atoms with Gasteiger partial charge in [0.1, 0.15) is 17.3 Å². The molecule has 0 aliphatic heterocycles. The largest absolute Gasteiger partial charge is 0.507 e. The Morgan fingerprint density at radius 3 is 2.23 bits per heavy atom. The van der Waals surface area contributed by atoms with E-state index in [1.165, 1.54) is 12.1 Å². The van der Waals surface area contributed by atoms with Crippen molar-refractivity contribution in [2.45, 2.75) is 13.3 Å². The van der Waals surface area contributed by atoms with Gasteiger partial charge in [0.25, 0.3) is 0 Å². The molecule has 4 nitrogen and oxygen atoms in total. The van der Waals surface area contributed by atoms with Crippen LogP contribution in [-0.2, 0) is 11.2 Å². The van der Waals surface area contributed by atoms with E-state index in [9.17, 15) is 9.50 Å². The van der Waals surface area contributed by atoms with Gasteiger partial charge in [-0.15, -0.1) is 0 Å². The summed E-state index contributed by atoms with van der Waals surface area (Å²) in [6.45, 7) is 2.41. The van der Waals surface area contributed by atoms with Gasteiger partial charge in [-0.2, -0.15) is 0 Å². The normalized spacial score (nSPS) is 10.1. The Kier molecular flexibility index (Phi) is 9.44. The first-order valence-corrected chi connectivity index (χ1v) is 10.4. The molecule has 31 heavy (non-hydrogen) atoms. The lowest BCUT2D eigenvalue weighted by molar-refractivity contribution is -0.109. The standard InChI is InChI=1S/C21H16Cl3FO2.C2H5NO/c1-2-27-14-10-17(22)16(18(23)11-14)8-12-3-6-21(26)15(7-12)13-4-5-20(25)19(24)9-13;1-3-2-4/h3-7,9-11,26H,2,8H2,1H3;2H,1H3,(H,3,4). The van der Waals surface area contributed by atoms with Crippen LogP contribution in [0, 0.1) is 5.82 Å². The maximum Gasteiger partial charge on any atom is 0.206 e. The molecule has 2 N–H and O–H groups in total. The van der Waals surface area contributed by atoms with Crippen molar-refractivity contribution < 1.29 is 19.0 Å². The number of hydrogen-bond donors (Lipinski definition) is 2. The highest BCUT2D eigenvalue weighted by Gasteiger charge is 2.13. The highest BCUT2D eigenvalue weighted by molar-refractivity contribution is 6.36. The van der Waals surface area contributed by atoms with Gasteiger partial charge in [-0.25, -0.2) is 4.39 Å². The van der Waals surface area contributed by atoms with Crippen molar-refractivity contribution in [3.8, 4) is 22.6 Å². The Balaban J connectivity index is 0.000000785. The van der Waals surface area contributed by atoms with Crippen LogP contribution in [0.25, 0.3) is 11.1 Å². The van der Waals surface area contributed by atoms with Crippen LogP contribution in [0.1, 0.15) is 18.1 Å². The van der Waals surface area contributed by atoms with Crippen molar-refractivity contribution in [1.29, 1.82) is 0 Å². The molecule has 0 fully saturated rings. The van der Waals surface area contributed by atoms with Crippen LogP contribution >= 0.6 is 34.8 Å². The fourth-order valence-electron chi connectivity index (χ4n) is 2.79. The fraction of sp³-hybridized carbons (Fsp3) is 0.174. The number of halogens is 4. The summed E-state index contributed by atoms with van der Waals surface area (Å²) in [6, 6.07) is 12.9. The average molecular weight is 485 g/mol. The van der Waals surface area contributed by atoms with E-state index in [1.807, 2.05) is 13.0 Å². The molecule has 8 heteroatoms. The molecule has 0 heterocycles. The molecule has 0 radical (unpaired) electrons. The number of benzene rings is 3. The van der Waals surface area contributed by atoms with E-state index in [0.717, 1.165) is 11.1 Å². The molecule has 0 saturated carbocycles. The monoisotopic (exact) mass is 483 g/mol. The zero-order valence-corrected chi connectivity index (χ0v) is 19.2. The molecular weight excluding hydrogens is 464 g/mol. The third kappa shape index (κ3) is 6.76. The zero-order chi connectivity index (χ0) is 23.0. The van der Waals surface area contributed by atoms with E-state index >= 15 is 0 Å². The Bertz CT molecular complexity index is 1040. The van der Waals surface area contributed by atoms with Crippen LogP contribution in [0.2, 0.25) is 15.1 Å². The first-order chi connectivity index (χ1) is 14.8. The molecule has 0 aliphatic rings. The van der Waals surface area contributed by atoms with E-state index < -0.39 is 5.82 Å². The summed E-state index contributed by atoms with van der Waals surface area (Å²) < 4.78 is 18.9.